The standard InChI is InChI=1S/C12H21FN2O2/c1-8(2)6-10-12(17)15(5-4-13)9(3)7-11(16)14-10/h8-10H,4-7H2,1-3H3,(H,14,16). The number of carbonyl (C=O) groups is 2. The van der Waals surface area contributed by atoms with Crippen LogP contribution in [0.5, 0.6) is 0 Å². The summed E-state index contributed by atoms with van der Waals surface area (Å²) in [6.07, 6.45) is 0.848. The minimum Gasteiger partial charge on any atom is -0.344 e. The van der Waals surface area contributed by atoms with Crippen molar-refractivity contribution >= 4 is 11.8 Å². The summed E-state index contributed by atoms with van der Waals surface area (Å²) in [7, 11) is 0. The van der Waals surface area contributed by atoms with Crippen LogP contribution in [0.15, 0.2) is 0 Å². The van der Waals surface area contributed by atoms with Crippen LogP contribution in [0.2, 0.25) is 0 Å². The number of rotatable bonds is 4. The van der Waals surface area contributed by atoms with Crippen molar-refractivity contribution in [1.29, 1.82) is 0 Å². The molecule has 0 aromatic rings. The van der Waals surface area contributed by atoms with Crippen molar-refractivity contribution in [3.8, 4) is 0 Å². The van der Waals surface area contributed by atoms with Crippen molar-refractivity contribution in [3.05, 3.63) is 0 Å². The van der Waals surface area contributed by atoms with Gasteiger partial charge < -0.3 is 10.2 Å². The Morgan fingerprint density at radius 3 is 2.65 bits per heavy atom. The van der Waals surface area contributed by atoms with Gasteiger partial charge in [0, 0.05) is 19.0 Å². The molecule has 1 aliphatic heterocycles. The van der Waals surface area contributed by atoms with Crippen LogP contribution in [-0.4, -0.2) is 42.0 Å². The molecule has 1 N–H and O–H groups in total. The molecule has 0 saturated carbocycles. The van der Waals surface area contributed by atoms with Crippen LogP contribution in [0.4, 0.5) is 4.39 Å². The second-order valence-corrected chi connectivity index (χ2v) is 5.02. The number of hydrogen-bond donors (Lipinski definition) is 1. The number of halogens is 1. The molecule has 4 nitrogen and oxygen atoms in total. The Labute approximate surface area is 102 Å². The van der Waals surface area contributed by atoms with Gasteiger partial charge in [0.2, 0.25) is 11.8 Å². The monoisotopic (exact) mass is 244 g/mol. The Balaban J connectivity index is 2.83. The van der Waals surface area contributed by atoms with Crippen molar-refractivity contribution in [2.24, 2.45) is 5.92 Å². The molecule has 1 saturated heterocycles. The Hall–Kier alpha value is -1.13. The van der Waals surface area contributed by atoms with Crippen molar-refractivity contribution in [2.75, 3.05) is 13.2 Å². The summed E-state index contributed by atoms with van der Waals surface area (Å²) >= 11 is 0. The average Bonchev–Trinajstić information content (AvgIpc) is 2.30. The molecule has 0 aromatic carbocycles. The molecule has 2 atom stereocenters. The summed E-state index contributed by atoms with van der Waals surface area (Å²) in [6.45, 7) is 5.27. The number of carbonyl (C=O) groups excluding carboxylic acids is 2. The van der Waals surface area contributed by atoms with Crippen LogP contribution in [-0.2, 0) is 9.59 Å². The molecule has 0 aromatic heterocycles. The molecule has 5 heteroatoms. The number of amides is 2. The summed E-state index contributed by atoms with van der Waals surface area (Å²) in [4.78, 5) is 25.2. The van der Waals surface area contributed by atoms with E-state index in [4.69, 9.17) is 0 Å². The highest BCUT2D eigenvalue weighted by molar-refractivity contribution is 5.90. The minimum absolute atomic E-state index is 0.0730. The van der Waals surface area contributed by atoms with Crippen LogP contribution < -0.4 is 5.32 Å². The van der Waals surface area contributed by atoms with Crippen molar-refractivity contribution in [2.45, 2.75) is 45.7 Å². The number of alkyl halides is 1. The van der Waals surface area contributed by atoms with Crippen LogP contribution in [0.25, 0.3) is 0 Å². The summed E-state index contributed by atoms with van der Waals surface area (Å²) in [5.41, 5.74) is 0. The van der Waals surface area contributed by atoms with Crippen molar-refractivity contribution in [3.63, 3.8) is 0 Å². The highest BCUT2D eigenvalue weighted by Gasteiger charge is 2.33. The first-order valence-electron chi connectivity index (χ1n) is 6.11. The SMILES string of the molecule is CC(C)CC1NC(=O)CC(C)N(CCF)C1=O. The summed E-state index contributed by atoms with van der Waals surface area (Å²) in [5.74, 6) is 0.0254. The number of nitrogens with one attached hydrogen (secondary N) is 1. The molecule has 0 aliphatic carbocycles. The number of hydrogen-bond acceptors (Lipinski definition) is 2. The van der Waals surface area contributed by atoms with Crippen LogP contribution in [0.3, 0.4) is 0 Å². The molecule has 1 rings (SSSR count). The zero-order chi connectivity index (χ0) is 13.0. The molecular weight excluding hydrogens is 223 g/mol. The molecule has 0 bridgehead atoms. The molecule has 2 unspecified atom stereocenters. The van der Waals surface area contributed by atoms with Crippen molar-refractivity contribution in [1.82, 2.24) is 10.2 Å². The predicted octanol–water partition coefficient (Wildman–Crippen LogP) is 1.11. The van der Waals surface area contributed by atoms with Gasteiger partial charge >= 0.3 is 0 Å². The zero-order valence-electron chi connectivity index (χ0n) is 10.7. The molecule has 98 valence electrons. The van der Waals surface area contributed by atoms with Crippen LogP contribution >= 0.6 is 0 Å². The molecule has 2 amide bonds. The molecular formula is C12H21FN2O2. The van der Waals surface area contributed by atoms with E-state index < -0.39 is 12.7 Å². The highest BCUT2D eigenvalue weighted by Crippen LogP contribution is 2.15. The molecule has 0 radical (unpaired) electrons. The van der Waals surface area contributed by atoms with Crippen LogP contribution in [0, 0.1) is 5.92 Å². The third-order valence-electron chi connectivity index (χ3n) is 2.96. The van der Waals surface area contributed by atoms with Gasteiger partial charge in [-0.1, -0.05) is 13.8 Å². The van der Waals surface area contributed by atoms with Gasteiger partial charge in [-0.2, -0.15) is 0 Å². The zero-order valence-corrected chi connectivity index (χ0v) is 10.7. The molecule has 0 spiro atoms. The third kappa shape index (κ3) is 3.68. The van der Waals surface area contributed by atoms with Crippen molar-refractivity contribution < 1.29 is 14.0 Å². The van der Waals surface area contributed by atoms with E-state index in [9.17, 15) is 14.0 Å². The van der Waals surface area contributed by atoms with Gasteiger partial charge in [-0.05, 0) is 19.3 Å². The normalized spacial score (nSPS) is 26.1. The summed E-state index contributed by atoms with van der Waals surface area (Å²) < 4.78 is 12.4. The minimum atomic E-state index is -0.571. The molecule has 17 heavy (non-hydrogen) atoms. The lowest BCUT2D eigenvalue weighted by atomic mass is 10.0. The topological polar surface area (TPSA) is 49.4 Å². The number of nitrogens with zero attached hydrogens (tertiary/aromatic N) is 1. The van der Waals surface area contributed by atoms with Gasteiger partial charge in [-0.25, -0.2) is 4.39 Å². The van der Waals surface area contributed by atoms with Gasteiger partial charge in [0.05, 0.1) is 0 Å². The van der Waals surface area contributed by atoms with E-state index >= 15 is 0 Å². The lowest BCUT2D eigenvalue weighted by Crippen LogP contribution is -2.47. The van der Waals surface area contributed by atoms with Gasteiger partial charge in [-0.15, -0.1) is 0 Å². The Bertz CT molecular complexity index is 294. The third-order valence-corrected chi connectivity index (χ3v) is 2.96. The Kier molecular flexibility index (Phi) is 4.90. The Morgan fingerprint density at radius 1 is 1.47 bits per heavy atom. The maximum absolute atomic E-state index is 12.4. The summed E-state index contributed by atoms with van der Waals surface area (Å²) in [5, 5.41) is 2.73. The van der Waals surface area contributed by atoms with Gasteiger partial charge in [0.15, 0.2) is 0 Å². The molecule has 1 aliphatic rings. The molecule has 1 fully saturated rings. The van der Waals surface area contributed by atoms with E-state index in [0.29, 0.717) is 12.3 Å². The fraction of sp³-hybridized carbons (Fsp3) is 0.833. The maximum atomic E-state index is 12.4. The second kappa shape index (κ2) is 5.98. The smallest absolute Gasteiger partial charge is 0.245 e. The fourth-order valence-electron chi connectivity index (χ4n) is 2.16. The van der Waals surface area contributed by atoms with Gasteiger partial charge in [-0.3, -0.25) is 9.59 Å². The highest BCUT2D eigenvalue weighted by atomic mass is 19.1. The lowest BCUT2D eigenvalue weighted by molar-refractivity contribution is -0.135. The predicted molar refractivity (Wildman–Crippen MR) is 63.2 cm³/mol. The lowest BCUT2D eigenvalue weighted by Gasteiger charge is -2.28. The van der Waals surface area contributed by atoms with E-state index in [1.165, 1.54) is 4.90 Å². The second-order valence-electron chi connectivity index (χ2n) is 5.02. The van der Waals surface area contributed by atoms with E-state index in [1.54, 1.807) is 6.92 Å². The van der Waals surface area contributed by atoms with Gasteiger partial charge in [0.1, 0.15) is 12.7 Å². The van der Waals surface area contributed by atoms with E-state index in [2.05, 4.69) is 5.32 Å². The fourth-order valence-corrected chi connectivity index (χ4v) is 2.16. The van der Waals surface area contributed by atoms with Crippen LogP contribution in [0.1, 0.15) is 33.6 Å². The summed E-state index contributed by atoms with van der Waals surface area (Å²) in [6, 6.07) is -0.727. The average molecular weight is 244 g/mol. The first-order valence-corrected chi connectivity index (χ1v) is 6.11. The maximum Gasteiger partial charge on any atom is 0.245 e. The molecule has 1 heterocycles. The van der Waals surface area contributed by atoms with E-state index in [-0.39, 0.29) is 30.8 Å². The van der Waals surface area contributed by atoms with E-state index in [1.807, 2.05) is 13.8 Å². The first-order chi connectivity index (χ1) is 7.95. The first kappa shape index (κ1) is 13.9. The Morgan fingerprint density at radius 2 is 2.12 bits per heavy atom. The van der Waals surface area contributed by atoms with E-state index in [0.717, 1.165) is 0 Å². The largest absolute Gasteiger partial charge is 0.344 e. The van der Waals surface area contributed by atoms with Gasteiger partial charge in [0.25, 0.3) is 0 Å². The quantitative estimate of drug-likeness (QED) is 0.805.